The number of nitrogens with one attached hydrogen (secondary N) is 2. The number of carbonyl (C=O) groups excluding carboxylic acids is 6. The number of hydrogen-bond acceptors (Lipinski definition) is 11. The van der Waals surface area contributed by atoms with Crippen LogP contribution in [-0.4, -0.2) is 103 Å². The number of unbranched alkanes of at least 4 members (excludes halogenated alkanes) is 2. The zero-order valence-electron chi connectivity index (χ0n) is 32.5. The maximum Gasteiger partial charge on any atom is 0.336 e. The van der Waals surface area contributed by atoms with Crippen molar-refractivity contribution in [2.24, 2.45) is 0 Å². The van der Waals surface area contributed by atoms with Gasteiger partial charge in [0.1, 0.15) is 0 Å². The maximum absolute atomic E-state index is 13.2. The van der Waals surface area contributed by atoms with Crippen LogP contribution in [0.15, 0.2) is 65.8 Å². The number of imide groups is 1. The van der Waals surface area contributed by atoms with Crippen LogP contribution in [0.1, 0.15) is 88.4 Å². The minimum atomic E-state index is -1.14. The molecule has 0 atom stereocenters. The maximum atomic E-state index is 13.2. The van der Waals surface area contributed by atoms with E-state index in [1.807, 2.05) is 39.0 Å². The molecule has 0 spiro atoms. The lowest BCUT2D eigenvalue weighted by atomic mass is 9.83. The second kappa shape index (κ2) is 22.4. The number of nitrogens with zero attached hydrogens (tertiary/aromatic N) is 1. The molecule has 0 saturated carbocycles. The predicted octanol–water partition coefficient (Wildman–Crippen LogP) is 4.67. The largest absolute Gasteiger partial charge is 0.478 e. The van der Waals surface area contributed by atoms with Crippen LogP contribution in [0, 0.1) is 13.8 Å². The zero-order chi connectivity index (χ0) is 41.3. The predicted molar refractivity (Wildman–Crippen MR) is 213 cm³/mol. The first kappa shape index (κ1) is 44.3. The highest BCUT2D eigenvalue weighted by atomic mass is 32.2. The minimum absolute atomic E-state index is 0.0329. The molecule has 15 heteroatoms. The molecule has 3 N–H and O–H groups in total. The van der Waals surface area contributed by atoms with E-state index >= 15 is 0 Å². The fourth-order valence-corrected chi connectivity index (χ4v) is 6.83. The van der Waals surface area contributed by atoms with E-state index in [4.69, 9.17) is 14.3 Å². The number of carbonyl (C=O) groups is 7. The Hall–Kier alpha value is -5.38. The highest BCUT2D eigenvalue weighted by Crippen LogP contribution is 2.37. The number of hydrogen-bond donors (Lipinski definition) is 3. The van der Waals surface area contributed by atoms with Crippen LogP contribution in [0.3, 0.4) is 0 Å². The molecule has 1 saturated heterocycles. The number of rotatable bonds is 22. The molecule has 4 amide bonds. The normalized spacial score (nSPS) is 14.8. The Balaban J connectivity index is 1.11. The molecule has 0 unspecified atom stereocenters. The van der Waals surface area contributed by atoms with Gasteiger partial charge in [-0.1, -0.05) is 29.8 Å². The van der Waals surface area contributed by atoms with Gasteiger partial charge in [-0.05, 0) is 104 Å². The number of carboxylic acids is 1. The molecule has 4 rings (SSSR count). The standard InChI is InChI=1S/C42H49N3O11S/c1-27-7-10-32(28(2)23-27)40(33-12-9-31(46)24-29(33)3)35-25-30(8-11-34(35)42(52)53)41(51)44-17-21-55-19-6-4-5-18-54-20-16-43-36(47)26-57-22-15-39(50)56-45-37(48)13-14-38(45)49/h7-12,23-25H,4-6,13-22,26H2,1-3H3,(H,43,47)(H,44,51)(H,52,53)/b40-33+. The van der Waals surface area contributed by atoms with Gasteiger partial charge in [0.25, 0.3) is 17.7 Å². The highest BCUT2D eigenvalue weighted by molar-refractivity contribution is 7.99. The number of benzene rings is 2. The molecule has 1 heterocycles. The van der Waals surface area contributed by atoms with E-state index in [-0.39, 0.29) is 54.7 Å². The molecule has 304 valence electrons. The van der Waals surface area contributed by atoms with Crippen molar-refractivity contribution in [3.05, 3.63) is 99.2 Å². The highest BCUT2D eigenvalue weighted by Gasteiger charge is 2.32. The van der Waals surface area contributed by atoms with Gasteiger partial charge in [-0.2, -0.15) is 11.8 Å². The molecular weight excluding hydrogens is 755 g/mol. The van der Waals surface area contributed by atoms with Crippen molar-refractivity contribution >= 4 is 58.7 Å². The van der Waals surface area contributed by atoms with E-state index in [2.05, 4.69) is 10.6 Å². The third-order valence-corrected chi connectivity index (χ3v) is 9.92. The van der Waals surface area contributed by atoms with Gasteiger partial charge in [-0.15, -0.1) is 5.06 Å². The molecule has 2 aliphatic rings. The Bertz CT molecular complexity index is 1940. The molecule has 1 aliphatic heterocycles. The summed E-state index contributed by atoms with van der Waals surface area (Å²) in [4.78, 5) is 89.3. The van der Waals surface area contributed by atoms with Crippen LogP contribution in [0.4, 0.5) is 0 Å². The number of amides is 4. The lowest BCUT2D eigenvalue weighted by molar-refractivity contribution is -0.197. The number of ketones is 1. The molecule has 1 aliphatic carbocycles. The first-order valence-corrected chi connectivity index (χ1v) is 20.0. The lowest BCUT2D eigenvalue weighted by Crippen LogP contribution is -2.32. The van der Waals surface area contributed by atoms with E-state index in [1.165, 1.54) is 36.0 Å². The van der Waals surface area contributed by atoms with Crippen LogP contribution in [-0.2, 0) is 38.3 Å². The Labute approximate surface area is 336 Å². The number of ether oxygens (including phenoxy) is 2. The Morgan fingerprint density at radius 3 is 2.11 bits per heavy atom. The van der Waals surface area contributed by atoms with Crippen LogP contribution < -0.4 is 10.6 Å². The quantitative estimate of drug-likeness (QED) is 0.110. The van der Waals surface area contributed by atoms with E-state index in [9.17, 15) is 38.7 Å². The van der Waals surface area contributed by atoms with Crippen molar-refractivity contribution in [3.8, 4) is 0 Å². The molecular formula is C42H49N3O11S. The van der Waals surface area contributed by atoms with Crippen LogP contribution in [0.25, 0.3) is 5.57 Å². The molecule has 0 bridgehead atoms. The number of carboxylic acid groups (broad SMARTS) is 1. The summed E-state index contributed by atoms with van der Waals surface area (Å²) in [6.07, 6.45) is 7.17. The van der Waals surface area contributed by atoms with E-state index in [0.717, 1.165) is 36.0 Å². The third-order valence-electron chi connectivity index (χ3n) is 8.96. The fourth-order valence-electron chi connectivity index (χ4n) is 6.09. The Morgan fingerprint density at radius 1 is 0.789 bits per heavy atom. The summed E-state index contributed by atoms with van der Waals surface area (Å²) >= 11 is 1.24. The average Bonchev–Trinajstić information content (AvgIpc) is 3.48. The van der Waals surface area contributed by atoms with Crippen molar-refractivity contribution in [2.75, 3.05) is 51.0 Å². The van der Waals surface area contributed by atoms with Crippen LogP contribution >= 0.6 is 11.8 Å². The molecule has 2 aromatic rings. The van der Waals surface area contributed by atoms with Gasteiger partial charge < -0.3 is 30.1 Å². The summed E-state index contributed by atoms with van der Waals surface area (Å²) in [5.74, 6) is -3.17. The van der Waals surface area contributed by atoms with Crippen LogP contribution in [0.2, 0.25) is 0 Å². The van der Waals surface area contributed by atoms with Gasteiger partial charge in [0.2, 0.25) is 5.91 Å². The first-order chi connectivity index (χ1) is 27.3. The second-order valence-electron chi connectivity index (χ2n) is 13.5. The summed E-state index contributed by atoms with van der Waals surface area (Å²) in [5.41, 5.74) is 5.49. The van der Waals surface area contributed by atoms with Gasteiger partial charge >= 0.3 is 11.9 Å². The molecule has 2 aromatic carbocycles. The fraction of sp³-hybridized carbons (Fsp3) is 0.405. The second-order valence-corrected chi connectivity index (χ2v) is 14.6. The van der Waals surface area contributed by atoms with Crippen molar-refractivity contribution < 1.29 is 53.0 Å². The molecule has 0 radical (unpaired) electrons. The summed E-state index contributed by atoms with van der Waals surface area (Å²) < 4.78 is 11.3. The molecule has 57 heavy (non-hydrogen) atoms. The summed E-state index contributed by atoms with van der Waals surface area (Å²) in [6.45, 7) is 8.02. The third kappa shape index (κ3) is 13.7. The Kier molecular flexibility index (Phi) is 17.4. The number of hydroxylamine groups is 2. The van der Waals surface area contributed by atoms with E-state index in [0.29, 0.717) is 71.6 Å². The van der Waals surface area contributed by atoms with Crippen molar-refractivity contribution in [1.82, 2.24) is 15.7 Å². The smallest absolute Gasteiger partial charge is 0.336 e. The summed E-state index contributed by atoms with van der Waals surface area (Å²) in [6, 6.07) is 10.4. The Morgan fingerprint density at radius 2 is 1.46 bits per heavy atom. The topological polar surface area (TPSA) is 195 Å². The molecule has 0 aromatic heterocycles. The average molecular weight is 804 g/mol. The van der Waals surface area contributed by atoms with Gasteiger partial charge in [0, 0.05) is 50.5 Å². The van der Waals surface area contributed by atoms with Crippen molar-refractivity contribution in [1.29, 1.82) is 0 Å². The number of allylic oxidation sites excluding steroid dienone is 5. The van der Waals surface area contributed by atoms with E-state index in [1.54, 1.807) is 12.1 Å². The van der Waals surface area contributed by atoms with Gasteiger partial charge in [0.15, 0.2) is 5.78 Å². The lowest BCUT2D eigenvalue weighted by Gasteiger charge is -2.21. The number of aryl methyl sites for hydroxylation is 2. The van der Waals surface area contributed by atoms with Crippen LogP contribution in [0.5, 0.6) is 0 Å². The summed E-state index contributed by atoms with van der Waals surface area (Å²) in [7, 11) is 0. The molecule has 1 fully saturated rings. The zero-order valence-corrected chi connectivity index (χ0v) is 33.3. The number of aromatic carboxylic acids is 1. The van der Waals surface area contributed by atoms with Gasteiger partial charge in [0.05, 0.1) is 31.0 Å². The van der Waals surface area contributed by atoms with Gasteiger partial charge in [-0.3, -0.25) is 24.0 Å². The minimum Gasteiger partial charge on any atom is -0.478 e. The summed E-state index contributed by atoms with van der Waals surface area (Å²) in [5, 5.41) is 16.3. The van der Waals surface area contributed by atoms with Crippen molar-refractivity contribution in [2.45, 2.75) is 59.3 Å². The van der Waals surface area contributed by atoms with E-state index < -0.39 is 23.8 Å². The molecule has 14 nitrogen and oxygen atoms in total. The van der Waals surface area contributed by atoms with Gasteiger partial charge in [-0.25, -0.2) is 9.59 Å². The van der Waals surface area contributed by atoms with Crippen molar-refractivity contribution in [3.63, 3.8) is 0 Å². The SMILES string of the molecule is CC1=CC(=O)C=C/C1=C(/c1ccc(C)cc1C)c1cc(C(=O)NCCOCCCCCOCCNC(=O)CSCCC(=O)ON2C(=O)CCC2=O)ccc1C(=O)O. The monoisotopic (exact) mass is 803 g/mol. The number of thioether (sulfide) groups is 1. The first-order valence-electron chi connectivity index (χ1n) is 18.8.